The molecule has 0 unspecified atom stereocenters. The fraction of sp³-hybridized carbons (Fsp3) is 0.222. The Morgan fingerprint density at radius 1 is 1.36 bits per heavy atom. The van der Waals surface area contributed by atoms with E-state index >= 15 is 0 Å². The highest BCUT2D eigenvalue weighted by Gasteiger charge is 2.23. The lowest BCUT2D eigenvalue weighted by molar-refractivity contribution is 1.29. The molecule has 1 aliphatic heterocycles. The number of nitriles is 2. The van der Waals surface area contributed by atoms with E-state index in [4.69, 9.17) is 5.26 Å². The number of rotatable bonds is 4. The molecular weight excluding hydrogens is 308 g/mol. The van der Waals surface area contributed by atoms with Crippen LogP contribution in [0.25, 0.3) is 4.91 Å². The molecule has 2 rings (SSSR count). The second-order valence-corrected chi connectivity index (χ2v) is 6.72. The van der Waals surface area contributed by atoms with Crippen molar-refractivity contribution < 1.29 is 0 Å². The smallest absolute Gasteiger partial charge is 0.101 e. The second-order valence-electron chi connectivity index (χ2n) is 4.84. The normalized spacial score (nSPS) is 16.7. The minimum Gasteiger partial charge on any atom is -0.192 e. The van der Waals surface area contributed by atoms with Gasteiger partial charge < -0.3 is 0 Å². The van der Waals surface area contributed by atoms with E-state index in [2.05, 4.69) is 24.5 Å². The quantitative estimate of drug-likeness (QED) is 0.771. The molecular formula is C18H16N2S2. The highest BCUT2D eigenvalue weighted by Crippen LogP contribution is 2.43. The van der Waals surface area contributed by atoms with Gasteiger partial charge in [-0.1, -0.05) is 23.8 Å². The molecule has 0 aliphatic carbocycles. The summed E-state index contributed by atoms with van der Waals surface area (Å²) >= 11 is 3.43. The molecule has 1 aromatic carbocycles. The maximum Gasteiger partial charge on any atom is 0.101 e. The largest absolute Gasteiger partial charge is 0.192 e. The van der Waals surface area contributed by atoms with Crippen LogP contribution in [0.3, 0.4) is 0 Å². The van der Waals surface area contributed by atoms with E-state index in [0.29, 0.717) is 5.56 Å². The molecule has 2 nitrogen and oxygen atoms in total. The van der Waals surface area contributed by atoms with Crippen molar-refractivity contribution in [1.82, 2.24) is 0 Å². The van der Waals surface area contributed by atoms with E-state index in [1.165, 1.54) is 5.57 Å². The molecule has 1 aromatic rings. The summed E-state index contributed by atoms with van der Waals surface area (Å²) in [5.74, 6) is 1.73. The highest BCUT2D eigenvalue weighted by atomic mass is 32.2. The van der Waals surface area contributed by atoms with Gasteiger partial charge in [0.25, 0.3) is 0 Å². The molecule has 0 saturated heterocycles. The molecule has 0 bridgehead atoms. The molecule has 0 amide bonds. The molecule has 0 atom stereocenters. The van der Waals surface area contributed by atoms with Crippen molar-refractivity contribution in [2.24, 2.45) is 0 Å². The van der Waals surface area contributed by atoms with Crippen LogP contribution in [0.5, 0.6) is 0 Å². The van der Waals surface area contributed by atoms with Crippen molar-refractivity contribution in [2.75, 3.05) is 11.5 Å². The Bertz CT molecular complexity index is 743. The summed E-state index contributed by atoms with van der Waals surface area (Å²) in [6.07, 6.45) is 2.02. The molecule has 22 heavy (non-hydrogen) atoms. The van der Waals surface area contributed by atoms with Gasteiger partial charge in [-0.05, 0) is 42.5 Å². The van der Waals surface area contributed by atoms with E-state index in [1.807, 2.05) is 31.2 Å². The van der Waals surface area contributed by atoms with Gasteiger partial charge >= 0.3 is 0 Å². The maximum atomic E-state index is 9.57. The van der Waals surface area contributed by atoms with Crippen molar-refractivity contribution in [3.05, 3.63) is 63.6 Å². The van der Waals surface area contributed by atoms with Gasteiger partial charge in [0.05, 0.1) is 17.2 Å². The van der Waals surface area contributed by atoms with E-state index in [-0.39, 0.29) is 0 Å². The lowest BCUT2D eigenvalue weighted by Crippen LogP contribution is -1.93. The number of hydrogen-bond acceptors (Lipinski definition) is 4. The predicted octanol–water partition coefficient (Wildman–Crippen LogP) is 5.12. The lowest BCUT2D eigenvalue weighted by Gasteiger charge is -2.05. The SMILES string of the molecule is C/C=C\SC/C(C)=C1/CSC(c2cccc(C#N)c2)=C1C#N. The zero-order valence-electron chi connectivity index (χ0n) is 12.6. The van der Waals surface area contributed by atoms with Crippen LogP contribution in [-0.4, -0.2) is 11.5 Å². The number of hydrogen-bond donors (Lipinski definition) is 0. The van der Waals surface area contributed by atoms with Crippen LogP contribution >= 0.6 is 23.5 Å². The summed E-state index contributed by atoms with van der Waals surface area (Å²) in [4.78, 5) is 0.991. The van der Waals surface area contributed by atoms with Crippen LogP contribution in [-0.2, 0) is 0 Å². The van der Waals surface area contributed by atoms with Crippen molar-refractivity contribution in [3.63, 3.8) is 0 Å². The van der Waals surface area contributed by atoms with Gasteiger partial charge in [-0.3, -0.25) is 0 Å². The highest BCUT2D eigenvalue weighted by molar-refractivity contribution is 8.08. The third-order valence-electron chi connectivity index (χ3n) is 3.30. The minimum absolute atomic E-state index is 0.626. The number of allylic oxidation sites excluding steroid dienone is 2. The fourth-order valence-corrected chi connectivity index (χ4v) is 4.19. The molecule has 1 aliphatic rings. The Morgan fingerprint density at radius 3 is 2.86 bits per heavy atom. The van der Waals surface area contributed by atoms with Gasteiger partial charge in [0, 0.05) is 16.4 Å². The number of thioether (sulfide) groups is 2. The maximum absolute atomic E-state index is 9.57. The summed E-state index contributed by atoms with van der Waals surface area (Å²) in [5, 5.41) is 20.7. The molecule has 110 valence electrons. The molecule has 4 heteroatoms. The first kappa shape index (κ1) is 16.5. The van der Waals surface area contributed by atoms with Gasteiger partial charge in [-0.2, -0.15) is 10.5 Å². The standard InChI is InChI=1S/C18H16N2S2/c1-3-7-21-11-13(2)17-12-22-18(16(17)10-20)15-6-4-5-14(8-15)9-19/h3-8H,11-12H2,1-2H3/b7-3-,17-13-. The Kier molecular flexibility index (Phi) is 5.95. The molecule has 0 saturated carbocycles. The first-order valence-electron chi connectivity index (χ1n) is 6.90. The Morgan fingerprint density at radius 2 is 2.18 bits per heavy atom. The second kappa shape index (κ2) is 7.94. The third kappa shape index (κ3) is 3.65. The van der Waals surface area contributed by atoms with E-state index < -0.39 is 0 Å². The van der Waals surface area contributed by atoms with Gasteiger partial charge in [0.2, 0.25) is 0 Å². The Hall–Kier alpha value is -1.88. The summed E-state index contributed by atoms with van der Waals surface area (Å²) in [7, 11) is 0. The van der Waals surface area contributed by atoms with Gasteiger partial charge in [0.15, 0.2) is 0 Å². The van der Waals surface area contributed by atoms with Crippen LogP contribution in [0.4, 0.5) is 0 Å². The first-order valence-corrected chi connectivity index (χ1v) is 8.94. The van der Waals surface area contributed by atoms with Crippen molar-refractivity contribution in [2.45, 2.75) is 13.8 Å². The first-order chi connectivity index (χ1) is 10.7. The van der Waals surface area contributed by atoms with Crippen LogP contribution in [0.1, 0.15) is 25.0 Å². The zero-order valence-corrected chi connectivity index (χ0v) is 14.2. The average molecular weight is 324 g/mol. The van der Waals surface area contributed by atoms with Crippen LogP contribution in [0.2, 0.25) is 0 Å². The van der Waals surface area contributed by atoms with Gasteiger partial charge in [-0.25, -0.2) is 0 Å². The molecule has 0 N–H and O–H groups in total. The van der Waals surface area contributed by atoms with Crippen molar-refractivity contribution in [3.8, 4) is 12.1 Å². The van der Waals surface area contributed by atoms with E-state index in [0.717, 1.165) is 33.1 Å². The average Bonchev–Trinajstić information content (AvgIpc) is 2.99. The Labute approximate surface area is 140 Å². The summed E-state index contributed by atoms with van der Waals surface area (Å²) in [6, 6.07) is 12.0. The van der Waals surface area contributed by atoms with E-state index in [1.54, 1.807) is 29.6 Å². The number of benzene rings is 1. The fourth-order valence-electron chi connectivity index (χ4n) is 2.19. The van der Waals surface area contributed by atoms with Gasteiger partial charge in [0.1, 0.15) is 6.07 Å². The molecule has 0 radical (unpaired) electrons. The van der Waals surface area contributed by atoms with E-state index in [9.17, 15) is 5.26 Å². The monoisotopic (exact) mass is 324 g/mol. The van der Waals surface area contributed by atoms with Crippen LogP contribution in [0.15, 0.2) is 52.5 Å². The third-order valence-corrected chi connectivity index (χ3v) is 5.53. The summed E-state index contributed by atoms with van der Waals surface area (Å²) < 4.78 is 0. The number of nitrogens with zero attached hydrogens (tertiary/aromatic N) is 2. The summed E-state index contributed by atoms with van der Waals surface area (Å²) in [5.41, 5.74) is 4.74. The van der Waals surface area contributed by atoms with Crippen LogP contribution in [0, 0.1) is 22.7 Å². The van der Waals surface area contributed by atoms with Gasteiger partial charge in [-0.15, -0.1) is 23.5 Å². The lowest BCUT2D eigenvalue weighted by atomic mass is 10.0. The molecule has 0 aromatic heterocycles. The van der Waals surface area contributed by atoms with Crippen molar-refractivity contribution in [1.29, 1.82) is 10.5 Å². The molecule has 0 fully saturated rings. The minimum atomic E-state index is 0.626. The Balaban J connectivity index is 2.39. The molecule has 0 spiro atoms. The van der Waals surface area contributed by atoms with Crippen molar-refractivity contribution >= 4 is 28.4 Å². The van der Waals surface area contributed by atoms with Crippen LogP contribution < -0.4 is 0 Å². The molecule has 1 heterocycles. The summed E-state index contributed by atoms with van der Waals surface area (Å²) in [6.45, 7) is 4.10. The zero-order chi connectivity index (χ0) is 15.9. The topological polar surface area (TPSA) is 47.6 Å². The predicted molar refractivity (Wildman–Crippen MR) is 96.1 cm³/mol.